The molecule has 2 heterocycles. The predicted octanol–water partition coefficient (Wildman–Crippen LogP) is 2.47. The summed E-state index contributed by atoms with van der Waals surface area (Å²) in [6.07, 6.45) is 6.39. The molecule has 4 heteroatoms. The van der Waals surface area contributed by atoms with Gasteiger partial charge in [-0.05, 0) is 50.5 Å². The Kier molecular flexibility index (Phi) is 5.89. The number of carbonyl (C=O) groups excluding carboxylic acids is 1. The maximum atomic E-state index is 12.6. The van der Waals surface area contributed by atoms with Gasteiger partial charge in [-0.3, -0.25) is 4.79 Å². The molecule has 0 unspecified atom stereocenters. The quantitative estimate of drug-likeness (QED) is 0.871. The smallest absolute Gasteiger partial charge is 0.240 e. The zero-order chi connectivity index (χ0) is 16.3. The number of nitrogens with zero attached hydrogens (tertiary/aromatic N) is 2. The molecule has 1 amide bonds. The molecule has 2 fully saturated rings. The maximum Gasteiger partial charge on any atom is 0.240 e. The van der Waals surface area contributed by atoms with Crippen LogP contribution in [0, 0.1) is 11.3 Å². The maximum absolute atomic E-state index is 12.6. The largest absolute Gasteiger partial charge is 0.341 e. The van der Waals surface area contributed by atoms with E-state index in [1.54, 1.807) is 0 Å². The number of piperidine rings is 2. The van der Waals surface area contributed by atoms with Crippen LogP contribution < -0.4 is 5.73 Å². The normalized spacial score (nSPS) is 29.4. The van der Waals surface area contributed by atoms with Crippen molar-refractivity contribution in [2.45, 2.75) is 71.9 Å². The lowest BCUT2D eigenvalue weighted by Gasteiger charge is -2.41. The Balaban J connectivity index is 1.90. The Hall–Kier alpha value is -0.610. The van der Waals surface area contributed by atoms with Gasteiger partial charge in [-0.15, -0.1) is 0 Å². The molecular weight excluding hydrogens is 274 g/mol. The summed E-state index contributed by atoms with van der Waals surface area (Å²) in [6.45, 7) is 12.6. The zero-order valence-corrected chi connectivity index (χ0v) is 15.0. The molecule has 0 aromatic rings. The van der Waals surface area contributed by atoms with Gasteiger partial charge in [-0.1, -0.05) is 27.2 Å². The fourth-order valence-electron chi connectivity index (χ4n) is 3.74. The summed E-state index contributed by atoms with van der Waals surface area (Å²) >= 11 is 0. The third-order valence-electron chi connectivity index (χ3n) is 5.46. The fourth-order valence-corrected chi connectivity index (χ4v) is 3.74. The van der Waals surface area contributed by atoms with Crippen molar-refractivity contribution in [1.29, 1.82) is 0 Å². The zero-order valence-electron chi connectivity index (χ0n) is 15.0. The van der Waals surface area contributed by atoms with Crippen LogP contribution in [0.1, 0.15) is 59.8 Å². The van der Waals surface area contributed by atoms with Crippen LogP contribution in [-0.4, -0.2) is 54.0 Å². The number of hydrogen-bond donors (Lipinski definition) is 1. The predicted molar refractivity (Wildman–Crippen MR) is 91.6 cm³/mol. The summed E-state index contributed by atoms with van der Waals surface area (Å²) < 4.78 is 0. The van der Waals surface area contributed by atoms with Crippen molar-refractivity contribution in [2.24, 2.45) is 17.1 Å². The first-order valence-corrected chi connectivity index (χ1v) is 9.07. The molecule has 0 aliphatic carbocycles. The van der Waals surface area contributed by atoms with E-state index in [9.17, 15) is 4.79 Å². The molecular formula is C18H35N3O. The van der Waals surface area contributed by atoms with Gasteiger partial charge in [-0.2, -0.15) is 0 Å². The van der Waals surface area contributed by atoms with Crippen molar-refractivity contribution in [2.75, 3.05) is 26.2 Å². The third kappa shape index (κ3) is 4.45. The number of amides is 1. The molecule has 0 radical (unpaired) electrons. The van der Waals surface area contributed by atoms with Gasteiger partial charge in [-0.25, -0.2) is 0 Å². The van der Waals surface area contributed by atoms with Crippen LogP contribution in [0.15, 0.2) is 0 Å². The van der Waals surface area contributed by atoms with Crippen molar-refractivity contribution >= 4 is 5.91 Å². The molecule has 2 saturated heterocycles. The molecule has 22 heavy (non-hydrogen) atoms. The van der Waals surface area contributed by atoms with Gasteiger partial charge < -0.3 is 15.5 Å². The number of hydrogen-bond acceptors (Lipinski definition) is 3. The van der Waals surface area contributed by atoms with E-state index in [-0.39, 0.29) is 17.4 Å². The minimum absolute atomic E-state index is 0.142. The van der Waals surface area contributed by atoms with Gasteiger partial charge in [0.1, 0.15) is 0 Å². The average Bonchev–Trinajstić information content (AvgIpc) is 2.47. The summed E-state index contributed by atoms with van der Waals surface area (Å²) in [4.78, 5) is 17.3. The van der Waals surface area contributed by atoms with E-state index in [1.807, 2.05) is 25.7 Å². The van der Waals surface area contributed by atoms with Crippen LogP contribution >= 0.6 is 0 Å². The summed E-state index contributed by atoms with van der Waals surface area (Å²) in [5.74, 6) is 0.759. The molecule has 2 N–H and O–H groups in total. The molecule has 4 nitrogen and oxygen atoms in total. The first-order chi connectivity index (χ1) is 10.3. The van der Waals surface area contributed by atoms with Crippen LogP contribution in [-0.2, 0) is 4.79 Å². The topological polar surface area (TPSA) is 49.6 Å². The van der Waals surface area contributed by atoms with E-state index in [1.165, 1.54) is 32.2 Å². The van der Waals surface area contributed by atoms with Crippen LogP contribution in [0.4, 0.5) is 0 Å². The molecule has 128 valence electrons. The molecule has 0 bridgehead atoms. The van der Waals surface area contributed by atoms with E-state index < -0.39 is 0 Å². The van der Waals surface area contributed by atoms with Gasteiger partial charge in [0.05, 0.1) is 6.04 Å². The average molecular weight is 309 g/mol. The second kappa shape index (κ2) is 7.31. The van der Waals surface area contributed by atoms with Crippen molar-refractivity contribution in [1.82, 2.24) is 9.80 Å². The van der Waals surface area contributed by atoms with Gasteiger partial charge in [0.2, 0.25) is 5.91 Å². The Morgan fingerprint density at radius 2 is 1.91 bits per heavy atom. The molecule has 0 aromatic heterocycles. The van der Waals surface area contributed by atoms with Gasteiger partial charge >= 0.3 is 0 Å². The summed E-state index contributed by atoms with van der Waals surface area (Å²) in [6, 6.07) is 0.317. The van der Waals surface area contributed by atoms with E-state index in [4.69, 9.17) is 5.73 Å². The number of carbonyl (C=O) groups is 1. The van der Waals surface area contributed by atoms with E-state index >= 15 is 0 Å². The molecule has 0 spiro atoms. The van der Waals surface area contributed by atoms with Gasteiger partial charge in [0.15, 0.2) is 0 Å². The Labute approximate surface area is 136 Å². The number of rotatable bonds is 3. The molecule has 2 aliphatic heterocycles. The van der Waals surface area contributed by atoms with Crippen LogP contribution in [0.5, 0.6) is 0 Å². The summed E-state index contributed by atoms with van der Waals surface area (Å²) in [5.41, 5.74) is 6.01. The monoisotopic (exact) mass is 309 g/mol. The fraction of sp³-hybridized carbons (Fsp3) is 0.944. The third-order valence-corrected chi connectivity index (χ3v) is 5.46. The summed E-state index contributed by atoms with van der Waals surface area (Å²) in [7, 11) is 0. The minimum atomic E-state index is -0.389. The van der Waals surface area contributed by atoms with Crippen LogP contribution in [0.2, 0.25) is 0 Å². The Bertz CT molecular complexity index is 377. The highest BCUT2D eigenvalue weighted by Crippen LogP contribution is 2.25. The van der Waals surface area contributed by atoms with Gasteiger partial charge in [0.25, 0.3) is 0 Å². The highest BCUT2D eigenvalue weighted by molar-refractivity contribution is 5.82. The van der Waals surface area contributed by atoms with Crippen molar-refractivity contribution in [3.05, 3.63) is 0 Å². The van der Waals surface area contributed by atoms with Crippen molar-refractivity contribution < 1.29 is 4.79 Å². The van der Waals surface area contributed by atoms with Crippen LogP contribution in [0.3, 0.4) is 0 Å². The first-order valence-electron chi connectivity index (χ1n) is 9.07. The molecule has 3 atom stereocenters. The SMILES string of the molecule is C[C@H]1CCCCN1C[C@H]1CCCN(C(=O)[C@@H](N)C(C)(C)C)C1. The number of likely N-dealkylation sites (tertiary alicyclic amines) is 2. The highest BCUT2D eigenvalue weighted by Gasteiger charge is 2.34. The lowest BCUT2D eigenvalue weighted by molar-refractivity contribution is -0.137. The van der Waals surface area contributed by atoms with E-state index in [0.717, 1.165) is 26.1 Å². The number of nitrogens with two attached hydrogens (primary N) is 1. The standard InChI is InChI=1S/C18H35N3O/c1-14-8-5-6-10-20(14)12-15-9-7-11-21(13-15)17(22)16(19)18(2,3)4/h14-16H,5-13,19H2,1-4H3/t14-,15+,16+/m0/s1. The van der Waals surface area contributed by atoms with Crippen molar-refractivity contribution in [3.63, 3.8) is 0 Å². The highest BCUT2D eigenvalue weighted by atomic mass is 16.2. The lowest BCUT2D eigenvalue weighted by Crippen LogP contribution is -2.54. The molecule has 0 saturated carbocycles. The van der Waals surface area contributed by atoms with Crippen LogP contribution in [0.25, 0.3) is 0 Å². The molecule has 0 aromatic carbocycles. The lowest BCUT2D eigenvalue weighted by atomic mass is 9.85. The molecule has 2 aliphatic rings. The first kappa shape index (κ1) is 17.7. The van der Waals surface area contributed by atoms with E-state index in [0.29, 0.717) is 12.0 Å². The summed E-state index contributed by atoms with van der Waals surface area (Å²) in [5, 5.41) is 0. The Morgan fingerprint density at radius 1 is 1.18 bits per heavy atom. The van der Waals surface area contributed by atoms with Crippen molar-refractivity contribution in [3.8, 4) is 0 Å². The second-order valence-electron chi connectivity index (χ2n) is 8.48. The van der Waals surface area contributed by atoms with Gasteiger partial charge in [0, 0.05) is 25.7 Å². The molecule has 2 rings (SSSR count). The van der Waals surface area contributed by atoms with E-state index in [2.05, 4.69) is 11.8 Å². The Morgan fingerprint density at radius 3 is 2.55 bits per heavy atom. The second-order valence-corrected chi connectivity index (χ2v) is 8.48. The minimum Gasteiger partial charge on any atom is -0.341 e.